The fraction of sp³-hybridized carbons (Fsp3) is 0.367. The number of aromatic nitrogens is 2. The molecule has 0 saturated carbocycles. The number of thioether (sulfide) groups is 1. The molecule has 1 fully saturated rings. The summed E-state index contributed by atoms with van der Waals surface area (Å²) in [6, 6.07) is 18.2. The molecular formula is C30H37N5O2S. The lowest BCUT2D eigenvalue weighted by Gasteiger charge is -2.35. The highest BCUT2D eigenvalue weighted by Gasteiger charge is 2.21. The molecular weight excluding hydrogens is 494 g/mol. The summed E-state index contributed by atoms with van der Waals surface area (Å²) in [6.45, 7) is 10.0. The van der Waals surface area contributed by atoms with E-state index in [0.29, 0.717) is 24.5 Å². The van der Waals surface area contributed by atoms with E-state index in [1.165, 1.54) is 5.56 Å². The summed E-state index contributed by atoms with van der Waals surface area (Å²) < 4.78 is 5.01. The Morgan fingerprint density at radius 2 is 1.84 bits per heavy atom. The maximum Gasteiger partial charge on any atom is 0.251 e. The van der Waals surface area contributed by atoms with Crippen LogP contribution in [0.1, 0.15) is 32.7 Å². The maximum absolute atomic E-state index is 12.4. The zero-order valence-electron chi connectivity index (χ0n) is 22.5. The van der Waals surface area contributed by atoms with Crippen molar-refractivity contribution in [3.05, 3.63) is 88.6 Å². The Bertz CT molecular complexity index is 1230. The first-order valence-electron chi connectivity index (χ1n) is 13.1. The van der Waals surface area contributed by atoms with E-state index < -0.39 is 0 Å². The zero-order chi connectivity index (χ0) is 26.7. The van der Waals surface area contributed by atoms with Gasteiger partial charge in [0.05, 0.1) is 6.61 Å². The molecule has 1 aliphatic rings. The van der Waals surface area contributed by atoms with Gasteiger partial charge in [0.15, 0.2) is 5.16 Å². The van der Waals surface area contributed by atoms with E-state index in [1.807, 2.05) is 30.3 Å². The van der Waals surface area contributed by atoms with Gasteiger partial charge in [0, 0.05) is 69.0 Å². The van der Waals surface area contributed by atoms with Crippen LogP contribution in [0.15, 0.2) is 65.8 Å². The van der Waals surface area contributed by atoms with Crippen LogP contribution in [-0.2, 0) is 10.5 Å². The Morgan fingerprint density at radius 1 is 1.05 bits per heavy atom. The largest absolute Gasteiger partial charge is 0.383 e. The third kappa shape index (κ3) is 7.90. The Kier molecular flexibility index (Phi) is 10.3. The monoisotopic (exact) mass is 531 g/mol. The smallest absolute Gasteiger partial charge is 0.251 e. The molecule has 0 bridgehead atoms. The Hall–Kier alpha value is -3.20. The van der Waals surface area contributed by atoms with Gasteiger partial charge >= 0.3 is 0 Å². The number of anilines is 1. The first kappa shape index (κ1) is 27.8. The first-order chi connectivity index (χ1) is 18.5. The summed E-state index contributed by atoms with van der Waals surface area (Å²) in [5, 5.41) is 3.64. The number of rotatable bonds is 11. The summed E-state index contributed by atoms with van der Waals surface area (Å²) in [7, 11) is 1.62. The zero-order valence-corrected chi connectivity index (χ0v) is 23.3. The number of hydrogen-bond donors (Lipinski definition) is 1. The number of nitrogens with zero attached hydrogens (tertiary/aromatic N) is 4. The van der Waals surface area contributed by atoms with Crippen molar-refractivity contribution in [2.45, 2.75) is 24.8 Å². The fourth-order valence-electron chi connectivity index (χ4n) is 4.32. The molecule has 3 aromatic rings. The van der Waals surface area contributed by atoms with E-state index in [2.05, 4.69) is 65.4 Å². The average molecular weight is 532 g/mol. The molecule has 0 atom stereocenters. The normalized spacial score (nSPS) is 14.2. The molecule has 1 aromatic heterocycles. The van der Waals surface area contributed by atoms with Crippen molar-refractivity contribution in [1.29, 1.82) is 0 Å². The quantitative estimate of drug-likeness (QED) is 0.220. The van der Waals surface area contributed by atoms with E-state index in [1.54, 1.807) is 18.9 Å². The third-order valence-corrected chi connectivity index (χ3v) is 7.56. The molecule has 0 aliphatic carbocycles. The van der Waals surface area contributed by atoms with Crippen LogP contribution < -0.4 is 10.2 Å². The van der Waals surface area contributed by atoms with Crippen LogP contribution >= 0.6 is 11.8 Å². The number of ether oxygens (including phenoxy) is 1. The Morgan fingerprint density at radius 3 is 2.61 bits per heavy atom. The van der Waals surface area contributed by atoms with Gasteiger partial charge in [0.2, 0.25) is 0 Å². The molecule has 0 unspecified atom stereocenters. The van der Waals surface area contributed by atoms with Gasteiger partial charge in [-0.1, -0.05) is 66.4 Å². The van der Waals surface area contributed by atoms with E-state index in [4.69, 9.17) is 14.7 Å². The van der Waals surface area contributed by atoms with Gasteiger partial charge in [0.1, 0.15) is 5.82 Å². The number of carbonyl (C=O) groups is 1. The van der Waals surface area contributed by atoms with Crippen LogP contribution in [0.2, 0.25) is 0 Å². The summed E-state index contributed by atoms with van der Waals surface area (Å²) in [5.74, 6) is 1.64. The first-order valence-corrected chi connectivity index (χ1v) is 14.0. The fourth-order valence-corrected chi connectivity index (χ4v) is 5.15. The SMILES string of the molecule is COCCNC(=O)c1cccc(CSc2nc(C)c(C)c(N3CCN(CC=Cc4ccccc4)CC3)n2)c1. The maximum atomic E-state index is 12.4. The number of piperazine rings is 1. The highest BCUT2D eigenvalue weighted by atomic mass is 32.2. The molecule has 0 radical (unpaired) electrons. The van der Waals surface area contributed by atoms with Crippen molar-refractivity contribution in [1.82, 2.24) is 20.2 Å². The van der Waals surface area contributed by atoms with Gasteiger partial charge in [-0.3, -0.25) is 9.69 Å². The van der Waals surface area contributed by atoms with E-state index in [-0.39, 0.29) is 5.91 Å². The molecule has 1 amide bonds. The molecule has 2 heterocycles. The van der Waals surface area contributed by atoms with Crippen LogP contribution in [0.4, 0.5) is 5.82 Å². The third-order valence-electron chi connectivity index (χ3n) is 6.64. The molecule has 1 N–H and O–H groups in total. The second-order valence-electron chi connectivity index (χ2n) is 9.38. The van der Waals surface area contributed by atoms with E-state index >= 15 is 0 Å². The van der Waals surface area contributed by atoms with Crippen molar-refractivity contribution < 1.29 is 9.53 Å². The molecule has 2 aromatic carbocycles. The lowest BCUT2D eigenvalue weighted by Crippen LogP contribution is -2.47. The highest BCUT2D eigenvalue weighted by molar-refractivity contribution is 7.98. The summed E-state index contributed by atoms with van der Waals surface area (Å²) in [5.41, 5.74) is 5.10. The van der Waals surface area contributed by atoms with Crippen molar-refractivity contribution in [3.8, 4) is 0 Å². The predicted molar refractivity (Wildman–Crippen MR) is 156 cm³/mol. The number of hydrogen-bond acceptors (Lipinski definition) is 7. The number of carbonyl (C=O) groups excluding carboxylic acids is 1. The van der Waals surface area contributed by atoms with Crippen molar-refractivity contribution >= 4 is 29.6 Å². The predicted octanol–water partition coefficient (Wildman–Crippen LogP) is 4.60. The van der Waals surface area contributed by atoms with Crippen molar-refractivity contribution in [3.63, 3.8) is 0 Å². The van der Waals surface area contributed by atoms with Crippen molar-refractivity contribution in [2.75, 3.05) is 57.9 Å². The summed E-state index contributed by atoms with van der Waals surface area (Å²) in [6.07, 6.45) is 4.44. The second-order valence-corrected chi connectivity index (χ2v) is 10.3. The minimum absolute atomic E-state index is 0.0895. The lowest BCUT2D eigenvalue weighted by atomic mass is 10.1. The van der Waals surface area contributed by atoms with Crippen LogP contribution in [-0.4, -0.2) is 73.8 Å². The molecule has 1 saturated heterocycles. The molecule has 200 valence electrons. The number of methoxy groups -OCH3 is 1. The topological polar surface area (TPSA) is 70.6 Å². The average Bonchev–Trinajstić information content (AvgIpc) is 2.95. The molecule has 7 nitrogen and oxygen atoms in total. The number of nitrogens with one attached hydrogen (secondary N) is 1. The van der Waals surface area contributed by atoms with Gasteiger partial charge in [-0.25, -0.2) is 9.97 Å². The minimum atomic E-state index is -0.0895. The summed E-state index contributed by atoms with van der Waals surface area (Å²) in [4.78, 5) is 27.0. The van der Waals surface area contributed by atoms with Crippen LogP contribution in [0.5, 0.6) is 0 Å². The van der Waals surface area contributed by atoms with Crippen LogP contribution in [0, 0.1) is 13.8 Å². The standard InChI is InChI=1S/C30H37N5O2S/c1-23-24(2)32-30(38-22-26-11-7-13-27(21-26)29(36)31-14-20-37-3)33-28(23)35-18-16-34(17-19-35)15-8-12-25-9-5-4-6-10-25/h4-13,21H,14-20,22H2,1-3H3,(H,31,36). The van der Waals surface area contributed by atoms with Gasteiger partial charge in [0.25, 0.3) is 5.91 Å². The molecule has 4 rings (SSSR count). The van der Waals surface area contributed by atoms with Gasteiger partial charge in [-0.2, -0.15) is 0 Å². The highest BCUT2D eigenvalue weighted by Crippen LogP contribution is 2.27. The number of aryl methyl sites for hydroxylation is 1. The second kappa shape index (κ2) is 14.1. The molecule has 1 aliphatic heterocycles. The Labute approximate surface area is 230 Å². The molecule has 8 heteroatoms. The van der Waals surface area contributed by atoms with Gasteiger partial charge in [-0.15, -0.1) is 0 Å². The molecule has 38 heavy (non-hydrogen) atoms. The summed E-state index contributed by atoms with van der Waals surface area (Å²) >= 11 is 1.61. The number of amides is 1. The van der Waals surface area contributed by atoms with Crippen molar-refractivity contribution in [2.24, 2.45) is 0 Å². The van der Waals surface area contributed by atoms with E-state index in [9.17, 15) is 4.79 Å². The lowest BCUT2D eigenvalue weighted by molar-refractivity contribution is 0.0937. The minimum Gasteiger partial charge on any atom is -0.383 e. The van der Waals surface area contributed by atoms with Gasteiger partial charge in [-0.05, 0) is 37.1 Å². The van der Waals surface area contributed by atoms with E-state index in [0.717, 1.165) is 60.5 Å². The van der Waals surface area contributed by atoms with Crippen LogP contribution in [0.3, 0.4) is 0 Å². The van der Waals surface area contributed by atoms with Gasteiger partial charge < -0.3 is 15.0 Å². The molecule has 0 spiro atoms. The Balaban J connectivity index is 1.33. The van der Waals surface area contributed by atoms with Crippen LogP contribution in [0.25, 0.3) is 6.08 Å². The number of benzene rings is 2.